The number of hydrogen-bond acceptors (Lipinski definition) is 8. The SMILES string of the molecule is Cc1nc(COCc2ccccn2)sc1-c1csc(-c2cc(O)c(C(=O)O)cc2F)n1. The Kier molecular flexibility index (Phi) is 6.03. The number of pyridine rings is 1. The number of aromatic carboxylic acids is 1. The summed E-state index contributed by atoms with van der Waals surface area (Å²) in [5.41, 5.74) is 1.79. The molecule has 3 aromatic heterocycles. The van der Waals surface area contributed by atoms with Crippen molar-refractivity contribution in [2.45, 2.75) is 20.1 Å². The second kappa shape index (κ2) is 8.88. The number of thiazole rings is 2. The number of carbonyl (C=O) groups is 1. The van der Waals surface area contributed by atoms with Crippen LogP contribution in [0.1, 0.15) is 26.8 Å². The van der Waals surface area contributed by atoms with Gasteiger partial charge in [-0.1, -0.05) is 6.07 Å². The van der Waals surface area contributed by atoms with E-state index in [1.54, 1.807) is 11.6 Å². The van der Waals surface area contributed by atoms with E-state index >= 15 is 0 Å². The Bertz CT molecular complexity index is 1240. The largest absolute Gasteiger partial charge is 0.507 e. The van der Waals surface area contributed by atoms with Gasteiger partial charge < -0.3 is 14.9 Å². The van der Waals surface area contributed by atoms with Crippen molar-refractivity contribution in [1.82, 2.24) is 15.0 Å². The normalized spacial score (nSPS) is 11.0. The third kappa shape index (κ3) is 4.61. The minimum absolute atomic E-state index is 0.0415. The molecule has 2 N–H and O–H groups in total. The molecule has 0 amide bonds. The second-order valence-corrected chi connectivity index (χ2v) is 8.47. The quantitative estimate of drug-likeness (QED) is 0.407. The number of hydrogen-bond donors (Lipinski definition) is 2. The molecule has 0 saturated heterocycles. The molecule has 158 valence electrons. The van der Waals surface area contributed by atoms with Crippen molar-refractivity contribution in [1.29, 1.82) is 0 Å². The molecule has 0 saturated carbocycles. The van der Waals surface area contributed by atoms with E-state index in [0.717, 1.165) is 33.4 Å². The number of aromatic hydroxyl groups is 1. The fourth-order valence-corrected chi connectivity index (χ4v) is 4.74. The number of benzene rings is 1. The highest BCUT2D eigenvalue weighted by Crippen LogP contribution is 2.36. The maximum atomic E-state index is 14.4. The Hall–Kier alpha value is -3.21. The van der Waals surface area contributed by atoms with Gasteiger partial charge in [-0.25, -0.2) is 19.2 Å². The molecular formula is C21H16FN3O4S2. The van der Waals surface area contributed by atoms with Gasteiger partial charge in [-0.3, -0.25) is 4.98 Å². The summed E-state index contributed by atoms with van der Waals surface area (Å²) in [5, 5.41) is 21.8. The minimum atomic E-state index is -1.40. The first-order valence-corrected chi connectivity index (χ1v) is 10.8. The number of halogens is 1. The summed E-state index contributed by atoms with van der Waals surface area (Å²) in [6, 6.07) is 7.50. The lowest BCUT2D eigenvalue weighted by molar-refractivity contribution is 0.0693. The lowest BCUT2D eigenvalue weighted by Crippen LogP contribution is -1.98. The summed E-state index contributed by atoms with van der Waals surface area (Å²) >= 11 is 2.63. The molecule has 0 aliphatic heterocycles. The maximum Gasteiger partial charge on any atom is 0.339 e. The molecule has 10 heteroatoms. The molecule has 3 heterocycles. The van der Waals surface area contributed by atoms with Crippen molar-refractivity contribution >= 4 is 28.6 Å². The zero-order chi connectivity index (χ0) is 22.0. The summed E-state index contributed by atoms with van der Waals surface area (Å²) in [7, 11) is 0. The lowest BCUT2D eigenvalue weighted by atomic mass is 10.1. The van der Waals surface area contributed by atoms with Crippen molar-refractivity contribution < 1.29 is 24.1 Å². The number of aromatic nitrogens is 3. The monoisotopic (exact) mass is 457 g/mol. The highest BCUT2D eigenvalue weighted by atomic mass is 32.1. The smallest absolute Gasteiger partial charge is 0.339 e. The number of phenols is 1. The first-order valence-electron chi connectivity index (χ1n) is 9.08. The van der Waals surface area contributed by atoms with Crippen LogP contribution < -0.4 is 0 Å². The molecule has 0 fully saturated rings. The summed E-state index contributed by atoms with van der Waals surface area (Å²) in [6.45, 7) is 2.57. The Morgan fingerprint density at radius 3 is 2.81 bits per heavy atom. The number of nitrogens with zero attached hydrogens (tertiary/aromatic N) is 3. The first kappa shape index (κ1) is 21.0. The van der Waals surface area contributed by atoms with Crippen LogP contribution in [0.15, 0.2) is 41.9 Å². The summed E-state index contributed by atoms with van der Waals surface area (Å²) in [4.78, 5) is 25.1. The van der Waals surface area contributed by atoms with Gasteiger partial charge >= 0.3 is 5.97 Å². The van der Waals surface area contributed by atoms with Crippen LogP contribution in [0.2, 0.25) is 0 Å². The van der Waals surface area contributed by atoms with Crippen molar-refractivity contribution in [3.05, 3.63) is 69.7 Å². The topological polar surface area (TPSA) is 105 Å². The molecule has 0 bridgehead atoms. The third-order valence-electron chi connectivity index (χ3n) is 4.33. The van der Waals surface area contributed by atoms with E-state index < -0.39 is 23.1 Å². The van der Waals surface area contributed by atoms with Gasteiger partial charge in [0.1, 0.15) is 27.1 Å². The molecule has 31 heavy (non-hydrogen) atoms. The number of rotatable bonds is 7. The highest BCUT2D eigenvalue weighted by molar-refractivity contribution is 7.16. The Balaban J connectivity index is 1.52. The van der Waals surface area contributed by atoms with Crippen LogP contribution in [-0.2, 0) is 18.0 Å². The fourth-order valence-electron chi connectivity index (χ4n) is 2.88. The van der Waals surface area contributed by atoms with Crippen LogP contribution >= 0.6 is 22.7 Å². The van der Waals surface area contributed by atoms with E-state index in [0.29, 0.717) is 23.9 Å². The molecule has 0 atom stereocenters. The lowest BCUT2D eigenvalue weighted by Gasteiger charge is -2.04. The molecule has 0 spiro atoms. The Labute approximate surface area is 184 Å². The van der Waals surface area contributed by atoms with E-state index in [-0.39, 0.29) is 5.56 Å². The number of carboxylic acids is 1. The van der Waals surface area contributed by atoms with Gasteiger partial charge in [0, 0.05) is 17.1 Å². The zero-order valence-corrected chi connectivity index (χ0v) is 17.8. The van der Waals surface area contributed by atoms with Crippen molar-refractivity contribution in [3.8, 4) is 26.9 Å². The van der Waals surface area contributed by atoms with Gasteiger partial charge in [0.25, 0.3) is 0 Å². The Morgan fingerprint density at radius 1 is 1.23 bits per heavy atom. The van der Waals surface area contributed by atoms with Crippen LogP contribution in [0.5, 0.6) is 5.75 Å². The minimum Gasteiger partial charge on any atom is -0.507 e. The van der Waals surface area contributed by atoms with Crippen molar-refractivity contribution in [2.24, 2.45) is 0 Å². The predicted octanol–water partition coefficient (Wildman–Crippen LogP) is 4.90. The molecule has 0 aliphatic rings. The average molecular weight is 458 g/mol. The zero-order valence-electron chi connectivity index (χ0n) is 16.2. The number of carboxylic acid groups (broad SMARTS) is 1. The molecule has 7 nitrogen and oxygen atoms in total. The molecule has 0 radical (unpaired) electrons. The number of ether oxygens (including phenoxy) is 1. The van der Waals surface area contributed by atoms with E-state index in [1.807, 2.05) is 25.1 Å². The van der Waals surface area contributed by atoms with Crippen molar-refractivity contribution in [2.75, 3.05) is 0 Å². The number of aryl methyl sites for hydroxylation is 1. The van der Waals surface area contributed by atoms with E-state index in [1.165, 1.54) is 22.7 Å². The van der Waals surface area contributed by atoms with Crippen LogP contribution in [0, 0.1) is 12.7 Å². The maximum absolute atomic E-state index is 14.4. The predicted molar refractivity (Wildman–Crippen MR) is 115 cm³/mol. The molecule has 1 aromatic carbocycles. The van der Waals surface area contributed by atoms with Crippen LogP contribution in [-0.4, -0.2) is 31.1 Å². The average Bonchev–Trinajstić information content (AvgIpc) is 3.36. The van der Waals surface area contributed by atoms with Gasteiger partial charge in [-0.15, -0.1) is 22.7 Å². The van der Waals surface area contributed by atoms with Gasteiger partial charge in [0.2, 0.25) is 0 Å². The standard InChI is InChI=1S/C21H16FN3O4S2/c1-11-19(31-18(24-11)9-29-8-12-4-2-3-5-23-12)16-10-30-20(25-16)13-7-17(26)14(21(27)28)6-15(13)22/h2-7,10,26H,8-9H2,1H3,(H,27,28). The second-order valence-electron chi connectivity index (χ2n) is 6.53. The molecule has 4 rings (SSSR count). The van der Waals surface area contributed by atoms with Gasteiger partial charge in [0.05, 0.1) is 35.2 Å². The Morgan fingerprint density at radius 2 is 2.06 bits per heavy atom. The third-order valence-corrected chi connectivity index (χ3v) is 6.35. The van der Waals surface area contributed by atoms with Gasteiger partial charge in [-0.2, -0.15) is 0 Å². The van der Waals surface area contributed by atoms with Crippen LogP contribution in [0.3, 0.4) is 0 Å². The molecule has 4 aromatic rings. The summed E-state index contributed by atoms with van der Waals surface area (Å²) < 4.78 is 20.1. The molecular weight excluding hydrogens is 441 g/mol. The molecule has 0 unspecified atom stereocenters. The van der Waals surface area contributed by atoms with Gasteiger partial charge in [0.15, 0.2) is 0 Å². The fraction of sp³-hybridized carbons (Fsp3) is 0.143. The van der Waals surface area contributed by atoms with Crippen LogP contribution in [0.4, 0.5) is 4.39 Å². The van der Waals surface area contributed by atoms with Gasteiger partial charge in [-0.05, 0) is 31.2 Å². The van der Waals surface area contributed by atoms with E-state index in [9.17, 15) is 14.3 Å². The summed E-state index contributed by atoms with van der Waals surface area (Å²) in [6.07, 6.45) is 1.71. The van der Waals surface area contributed by atoms with Crippen molar-refractivity contribution in [3.63, 3.8) is 0 Å². The first-order chi connectivity index (χ1) is 14.9. The van der Waals surface area contributed by atoms with E-state index in [4.69, 9.17) is 9.84 Å². The van der Waals surface area contributed by atoms with Crippen LogP contribution in [0.25, 0.3) is 21.1 Å². The highest BCUT2D eigenvalue weighted by Gasteiger charge is 2.19. The summed E-state index contributed by atoms with van der Waals surface area (Å²) in [5.74, 6) is -2.68. The molecule has 0 aliphatic carbocycles. The van der Waals surface area contributed by atoms with E-state index in [2.05, 4.69) is 15.0 Å².